The fourth-order valence-corrected chi connectivity index (χ4v) is 12.4. The largest absolute Gasteiger partial charge is 0.468 e. The minimum absolute atomic E-state index is 0.0910. The van der Waals surface area contributed by atoms with Gasteiger partial charge in [-0.2, -0.15) is 0 Å². The van der Waals surface area contributed by atoms with Gasteiger partial charge in [0.05, 0.1) is 13.2 Å². The second-order valence-electron chi connectivity index (χ2n) is 11.3. The molecule has 2 aromatic carbocycles. The maximum atomic E-state index is 12.8. The van der Waals surface area contributed by atoms with Crippen LogP contribution >= 0.6 is 15.9 Å². The Morgan fingerprint density at radius 2 is 1.47 bits per heavy atom. The normalized spacial score (nSPS) is 16.0. The van der Waals surface area contributed by atoms with E-state index >= 15 is 0 Å². The van der Waals surface area contributed by atoms with Gasteiger partial charge in [-0.15, -0.1) is 6.58 Å². The Morgan fingerprint density at radius 1 is 1.00 bits per heavy atom. The number of ether oxygens (including phenoxy) is 1. The summed E-state index contributed by atoms with van der Waals surface area (Å²) in [6.07, 6.45) is 1.46. The molecule has 0 N–H and O–H groups in total. The summed E-state index contributed by atoms with van der Waals surface area (Å²) in [5, 5.41) is 2.32. The van der Waals surface area contributed by atoms with E-state index in [1.807, 2.05) is 25.1 Å². The number of allylic oxidation sites excluding steroid dienone is 1. The van der Waals surface area contributed by atoms with Crippen LogP contribution in [-0.2, 0) is 18.4 Å². The summed E-state index contributed by atoms with van der Waals surface area (Å²) < 4.78 is 18.1. The highest BCUT2D eigenvalue weighted by Crippen LogP contribution is 2.39. The molecule has 0 aliphatic heterocycles. The van der Waals surface area contributed by atoms with Crippen LogP contribution in [0.15, 0.2) is 73.3 Å². The van der Waals surface area contributed by atoms with E-state index in [1.165, 1.54) is 17.5 Å². The Labute approximate surface area is 228 Å². The molecule has 0 bridgehead atoms. The van der Waals surface area contributed by atoms with E-state index < -0.39 is 27.1 Å². The number of halogens is 1. The van der Waals surface area contributed by atoms with E-state index in [4.69, 9.17) is 13.6 Å². The molecule has 7 heteroatoms. The van der Waals surface area contributed by atoms with Crippen molar-refractivity contribution in [3.05, 3.63) is 73.3 Å². The first-order chi connectivity index (χ1) is 16.7. The Bertz CT molecular complexity index is 948. The van der Waals surface area contributed by atoms with Gasteiger partial charge < -0.3 is 13.6 Å². The van der Waals surface area contributed by atoms with Crippen molar-refractivity contribution in [1.82, 2.24) is 0 Å². The molecule has 0 saturated heterocycles. The minimum Gasteiger partial charge on any atom is -0.468 e. The predicted molar refractivity (Wildman–Crippen MR) is 159 cm³/mol. The fourth-order valence-electron chi connectivity index (χ4n) is 4.92. The number of hydrogen-bond donors (Lipinski definition) is 0. The molecule has 0 aromatic heterocycles. The molecule has 2 rings (SSSR count). The lowest BCUT2D eigenvalue weighted by molar-refractivity contribution is -0.146. The van der Waals surface area contributed by atoms with Crippen LogP contribution < -0.4 is 10.4 Å². The number of rotatable bonds is 12. The Morgan fingerprint density at radius 3 is 1.86 bits per heavy atom. The van der Waals surface area contributed by atoms with Gasteiger partial charge in [0.2, 0.25) is 0 Å². The van der Waals surface area contributed by atoms with Gasteiger partial charge in [-0.05, 0) is 41.5 Å². The SMILES string of the molecule is C=CC[Si](C)(C)O[C@@H]([C@H](C)CO[Si](c1ccccc1)(c1ccccc1)C(C)(C)C)C(C)(Br)C(=O)OC. The maximum absolute atomic E-state index is 12.8. The second-order valence-corrected chi connectivity index (χ2v) is 21.4. The van der Waals surface area contributed by atoms with Crippen molar-refractivity contribution in [2.45, 2.75) is 69.2 Å². The van der Waals surface area contributed by atoms with Gasteiger partial charge in [0.1, 0.15) is 4.32 Å². The van der Waals surface area contributed by atoms with Crippen LogP contribution in [0.25, 0.3) is 0 Å². The lowest BCUT2D eigenvalue weighted by atomic mass is 9.94. The monoisotopic (exact) mass is 590 g/mol. The van der Waals surface area contributed by atoms with Crippen LogP contribution in [0.3, 0.4) is 0 Å². The summed E-state index contributed by atoms with van der Waals surface area (Å²) in [7, 11) is -3.44. The van der Waals surface area contributed by atoms with Crippen LogP contribution in [0.1, 0.15) is 34.6 Å². The topological polar surface area (TPSA) is 44.8 Å². The van der Waals surface area contributed by atoms with Crippen molar-refractivity contribution in [1.29, 1.82) is 0 Å². The van der Waals surface area contributed by atoms with Gasteiger partial charge in [-0.1, -0.05) is 110 Å². The predicted octanol–water partition coefficient (Wildman–Crippen LogP) is 6.30. The second kappa shape index (κ2) is 12.4. The zero-order valence-corrected chi connectivity index (χ0v) is 26.7. The smallest absolute Gasteiger partial charge is 0.324 e. The molecule has 198 valence electrons. The molecule has 4 nitrogen and oxygen atoms in total. The third kappa shape index (κ3) is 6.87. The van der Waals surface area contributed by atoms with E-state index in [-0.39, 0.29) is 16.9 Å². The summed E-state index contributed by atoms with van der Waals surface area (Å²) in [5.74, 6) is -0.445. The molecule has 1 unspecified atom stereocenters. The van der Waals surface area contributed by atoms with Gasteiger partial charge in [0.15, 0.2) is 8.32 Å². The zero-order chi connectivity index (χ0) is 27.2. The fraction of sp³-hybridized carbons (Fsp3) is 0.483. The molecule has 0 saturated carbocycles. The van der Waals surface area contributed by atoms with Crippen LogP contribution in [0.5, 0.6) is 0 Å². The molecule has 3 atom stereocenters. The van der Waals surface area contributed by atoms with Crippen molar-refractivity contribution < 1.29 is 18.4 Å². The summed E-state index contributed by atoms with van der Waals surface area (Å²) >= 11 is 3.68. The van der Waals surface area contributed by atoms with Gasteiger partial charge in [0.25, 0.3) is 8.32 Å². The summed E-state index contributed by atoms with van der Waals surface area (Å²) in [6, 6.07) is 22.0. The minimum atomic E-state index is -2.72. The van der Waals surface area contributed by atoms with Crippen LogP contribution in [0.2, 0.25) is 24.2 Å². The van der Waals surface area contributed by atoms with Gasteiger partial charge in [0, 0.05) is 12.5 Å². The standard InChI is InChI=1S/C29H43BrO4Si2/c1-10-21-35(8,9)34-26(29(6,30)27(31)32-7)23(2)22-33-36(28(3,4)5,24-17-13-11-14-18-24)25-19-15-12-16-20-25/h10-20,23,26H,1,21-22H2,2-9H3/t23-,26+,29?/m1/s1. The molecule has 0 fully saturated rings. The number of benzene rings is 2. The number of carbonyl (C=O) groups is 1. The average molecular weight is 592 g/mol. The molecular weight excluding hydrogens is 548 g/mol. The van der Waals surface area contributed by atoms with Gasteiger partial charge in [-0.3, -0.25) is 4.79 Å². The average Bonchev–Trinajstić information content (AvgIpc) is 2.82. The van der Waals surface area contributed by atoms with E-state index in [2.05, 4.69) is 112 Å². The van der Waals surface area contributed by atoms with Crippen molar-refractivity contribution in [3.63, 3.8) is 0 Å². The lowest BCUT2D eigenvalue weighted by Gasteiger charge is -2.45. The van der Waals surface area contributed by atoms with Crippen LogP contribution in [0, 0.1) is 5.92 Å². The highest BCUT2D eigenvalue weighted by atomic mass is 79.9. The number of hydrogen-bond acceptors (Lipinski definition) is 4. The summed E-state index contributed by atoms with van der Waals surface area (Å²) in [5.41, 5.74) is 0. The first-order valence-electron chi connectivity index (χ1n) is 12.5. The van der Waals surface area contributed by atoms with Gasteiger partial charge in [-0.25, -0.2) is 0 Å². The Hall–Kier alpha value is -1.52. The molecule has 0 spiro atoms. The Balaban J connectivity index is 2.55. The number of esters is 1. The van der Waals surface area contributed by atoms with E-state index in [0.717, 1.165) is 6.04 Å². The van der Waals surface area contributed by atoms with Crippen LogP contribution in [0.4, 0.5) is 0 Å². The molecular formula is C29H43BrO4Si2. The lowest BCUT2D eigenvalue weighted by Crippen LogP contribution is -2.67. The molecule has 0 aliphatic carbocycles. The maximum Gasteiger partial charge on any atom is 0.324 e. The number of methoxy groups -OCH3 is 1. The first kappa shape index (κ1) is 30.7. The van der Waals surface area contributed by atoms with Crippen molar-refractivity contribution in [2.75, 3.05) is 13.7 Å². The first-order valence-corrected chi connectivity index (χ1v) is 18.4. The van der Waals surface area contributed by atoms with E-state index in [9.17, 15) is 4.79 Å². The summed E-state index contributed by atoms with van der Waals surface area (Å²) in [6.45, 7) is 19.4. The quantitative estimate of drug-likeness (QED) is 0.126. The third-order valence-electron chi connectivity index (χ3n) is 6.70. The third-order valence-corrected chi connectivity index (χ3v) is 14.6. The van der Waals surface area contributed by atoms with Crippen molar-refractivity contribution in [2.24, 2.45) is 5.92 Å². The molecule has 36 heavy (non-hydrogen) atoms. The van der Waals surface area contributed by atoms with Crippen molar-refractivity contribution in [3.8, 4) is 0 Å². The molecule has 0 amide bonds. The highest BCUT2D eigenvalue weighted by Gasteiger charge is 2.52. The van der Waals surface area contributed by atoms with E-state index in [0.29, 0.717) is 6.61 Å². The number of carbonyl (C=O) groups excluding carboxylic acids is 1. The number of alkyl halides is 1. The Kier molecular flexibility index (Phi) is 10.5. The van der Waals surface area contributed by atoms with Crippen LogP contribution in [-0.4, -0.2) is 46.7 Å². The van der Waals surface area contributed by atoms with Crippen molar-refractivity contribution >= 4 is 48.9 Å². The highest BCUT2D eigenvalue weighted by molar-refractivity contribution is 9.10. The zero-order valence-electron chi connectivity index (χ0n) is 23.1. The summed E-state index contributed by atoms with van der Waals surface area (Å²) in [4.78, 5) is 12.8. The molecule has 0 radical (unpaired) electrons. The van der Waals surface area contributed by atoms with E-state index in [1.54, 1.807) is 0 Å². The molecule has 0 aliphatic rings. The van der Waals surface area contributed by atoms with Gasteiger partial charge >= 0.3 is 5.97 Å². The molecule has 0 heterocycles. The molecule has 2 aromatic rings.